The molecule has 1 aliphatic heterocycles. The summed E-state index contributed by atoms with van der Waals surface area (Å²) in [5.41, 5.74) is 0.631. The first-order chi connectivity index (χ1) is 9.76. The highest BCUT2D eigenvalue weighted by Gasteiger charge is 2.26. The summed E-state index contributed by atoms with van der Waals surface area (Å²) in [7, 11) is 0. The fraction of sp³-hybridized carbons (Fsp3) is 0.533. The predicted octanol–water partition coefficient (Wildman–Crippen LogP) is 1.53. The first-order valence-corrected chi connectivity index (χ1v) is 7.09. The van der Waals surface area contributed by atoms with Crippen molar-refractivity contribution in [1.82, 2.24) is 14.8 Å². The molecule has 1 saturated heterocycles. The minimum absolute atomic E-state index is 0.0179. The van der Waals surface area contributed by atoms with E-state index in [0.717, 1.165) is 25.9 Å². The summed E-state index contributed by atoms with van der Waals surface area (Å²) >= 11 is 0. The molecule has 1 aromatic heterocycles. The first kappa shape index (κ1) is 14.5. The molecule has 0 spiro atoms. The van der Waals surface area contributed by atoms with E-state index in [9.17, 15) is 10.1 Å². The fourth-order valence-electron chi connectivity index (χ4n) is 2.51. The number of hydrogen-bond donors (Lipinski definition) is 0. The molecule has 2 heterocycles. The van der Waals surface area contributed by atoms with Gasteiger partial charge in [-0.1, -0.05) is 13.3 Å². The van der Waals surface area contributed by atoms with Gasteiger partial charge < -0.3 is 4.90 Å². The quantitative estimate of drug-likeness (QED) is 0.834. The Morgan fingerprint density at radius 1 is 1.45 bits per heavy atom. The van der Waals surface area contributed by atoms with Crippen molar-refractivity contribution in [2.75, 3.05) is 26.2 Å². The van der Waals surface area contributed by atoms with Gasteiger partial charge in [-0.05, 0) is 18.6 Å². The maximum absolute atomic E-state index is 12.3. The van der Waals surface area contributed by atoms with Gasteiger partial charge in [-0.15, -0.1) is 0 Å². The lowest BCUT2D eigenvalue weighted by atomic mass is 10.1. The SMILES string of the molecule is CCCC(C#N)N1CCN(C(=O)c2cccnc2)CC1. The van der Waals surface area contributed by atoms with Gasteiger partial charge >= 0.3 is 0 Å². The molecule has 20 heavy (non-hydrogen) atoms. The molecule has 106 valence electrons. The van der Waals surface area contributed by atoms with Gasteiger partial charge in [-0.25, -0.2) is 0 Å². The average molecular weight is 272 g/mol. The lowest BCUT2D eigenvalue weighted by Crippen LogP contribution is -2.51. The molecule has 0 N–H and O–H groups in total. The molecule has 1 fully saturated rings. The second kappa shape index (κ2) is 7.01. The molecule has 0 aliphatic carbocycles. The molecule has 1 unspecified atom stereocenters. The normalized spacial score (nSPS) is 17.5. The largest absolute Gasteiger partial charge is 0.336 e. The van der Waals surface area contributed by atoms with Crippen LogP contribution in [0.15, 0.2) is 24.5 Å². The standard InChI is InChI=1S/C15H20N4O/c1-2-4-14(11-16)18-7-9-19(10-8-18)15(20)13-5-3-6-17-12-13/h3,5-6,12,14H,2,4,7-10H2,1H3. The number of pyridine rings is 1. The molecular formula is C15H20N4O. The van der Waals surface area contributed by atoms with E-state index in [0.29, 0.717) is 18.7 Å². The number of carbonyl (C=O) groups is 1. The summed E-state index contributed by atoms with van der Waals surface area (Å²) in [4.78, 5) is 20.3. The van der Waals surface area contributed by atoms with Gasteiger partial charge in [0, 0.05) is 38.6 Å². The predicted molar refractivity (Wildman–Crippen MR) is 76.0 cm³/mol. The lowest BCUT2D eigenvalue weighted by molar-refractivity contribution is 0.0601. The van der Waals surface area contributed by atoms with Crippen molar-refractivity contribution in [3.63, 3.8) is 0 Å². The Hall–Kier alpha value is -1.93. The van der Waals surface area contributed by atoms with Gasteiger partial charge in [0.25, 0.3) is 5.91 Å². The maximum atomic E-state index is 12.3. The minimum Gasteiger partial charge on any atom is -0.336 e. The van der Waals surface area contributed by atoms with Crippen molar-refractivity contribution in [3.8, 4) is 6.07 Å². The minimum atomic E-state index is -0.0179. The van der Waals surface area contributed by atoms with E-state index < -0.39 is 0 Å². The van der Waals surface area contributed by atoms with E-state index in [4.69, 9.17) is 0 Å². The van der Waals surface area contributed by atoms with Crippen LogP contribution in [-0.4, -0.2) is 52.9 Å². The third-order valence-electron chi connectivity index (χ3n) is 3.66. The van der Waals surface area contributed by atoms with Crippen LogP contribution >= 0.6 is 0 Å². The van der Waals surface area contributed by atoms with Crippen LogP contribution < -0.4 is 0 Å². The van der Waals surface area contributed by atoms with E-state index >= 15 is 0 Å². The summed E-state index contributed by atoms with van der Waals surface area (Å²) in [6.45, 7) is 4.98. The Labute approximate surface area is 119 Å². The number of amides is 1. The zero-order valence-electron chi connectivity index (χ0n) is 11.8. The number of piperazine rings is 1. The third-order valence-corrected chi connectivity index (χ3v) is 3.66. The second-order valence-corrected chi connectivity index (χ2v) is 5.00. The Morgan fingerprint density at radius 2 is 2.20 bits per heavy atom. The first-order valence-electron chi connectivity index (χ1n) is 7.09. The van der Waals surface area contributed by atoms with Crippen molar-refractivity contribution in [2.24, 2.45) is 0 Å². The molecule has 0 saturated carbocycles. The number of hydrogen-bond acceptors (Lipinski definition) is 4. The molecule has 0 bridgehead atoms. The lowest BCUT2D eigenvalue weighted by Gasteiger charge is -2.36. The number of carbonyl (C=O) groups excluding carboxylic acids is 1. The van der Waals surface area contributed by atoms with Crippen LogP contribution in [0.5, 0.6) is 0 Å². The topological polar surface area (TPSA) is 60.2 Å². The van der Waals surface area contributed by atoms with Crippen LogP contribution in [0.3, 0.4) is 0 Å². The van der Waals surface area contributed by atoms with Crippen molar-refractivity contribution >= 4 is 5.91 Å². The summed E-state index contributed by atoms with van der Waals surface area (Å²) in [6.07, 6.45) is 5.17. The number of aromatic nitrogens is 1. The molecule has 1 aromatic rings. The summed E-state index contributed by atoms with van der Waals surface area (Å²) < 4.78 is 0. The molecule has 1 aliphatic rings. The molecule has 2 rings (SSSR count). The fourth-order valence-corrected chi connectivity index (χ4v) is 2.51. The van der Waals surface area contributed by atoms with Gasteiger partial charge in [-0.3, -0.25) is 14.7 Å². The van der Waals surface area contributed by atoms with E-state index in [1.54, 1.807) is 24.5 Å². The van der Waals surface area contributed by atoms with Crippen molar-refractivity contribution in [1.29, 1.82) is 5.26 Å². The third kappa shape index (κ3) is 3.34. The van der Waals surface area contributed by atoms with Crippen LogP contribution in [0, 0.1) is 11.3 Å². The molecule has 5 nitrogen and oxygen atoms in total. The zero-order chi connectivity index (χ0) is 14.4. The van der Waals surface area contributed by atoms with Gasteiger partial charge in [0.05, 0.1) is 17.7 Å². The van der Waals surface area contributed by atoms with Gasteiger partial charge in [0.1, 0.15) is 0 Å². The van der Waals surface area contributed by atoms with E-state index in [-0.39, 0.29) is 11.9 Å². The molecule has 0 aromatic carbocycles. The van der Waals surface area contributed by atoms with Crippen LogP contribution in [0.1, 0.15) is 30.1 Å². The van der Waals surface area contributed by atoms with Gasteiger partial charge in [0.2, 0.25) is 0 Å². The smallest absolute Gasteiger partial charge is 0.255 e. The number of rotatable bonds is 4. The Bertz CT molecular complexity index is 474. The van der Waals surface area contributed by atoms with Crippen molar-refractivity contribution in [3.05, 3.63) is 30.1 Å². The molecular weight excluding hydrogens is 252 g/mol. The number of nitriles is 1. The highest BCUT2D eigenvalue weighted by molar-refractivity contribution is 5.93. The van der Waals surface area contributed by atoms with Crippen LogP contribution in [0.25, 0.3) is 0 Å². The summed E-state index contributed by atoms with van der Waals surface area (Å²) in [6, 6.07) is 5.91. The maximum Gasteiger partial charge on any atom is 0.255 e. The van der Waals surface area contributed by atoms with Gasteiger partial charge in [0.15, 0.2) is 0 Å². The molecule has 0 radical (unpaired) electrons. The van der Waals surface area contributed by atoms with Gasteiger partial charge in [-0.2, -0.15) is 5.26 Å². The van der Waals surface area contributed by atoms with E-state index in [1.165, 1.54) is 0 Å². The van der Waals surface area contributed by atoms with Crippen LogP contribution in [0.2, 0.25) is 0 Å². The monoisotopic (exact) mass is 272 g/mol. The van der Waals surface area contributed by atoms with Crippen LogP contribution in [-0.2, 0) is 0 Å². The Kier molecular flexibility index (Phi) is 5.08. The zero-order valence-corrected chi connectivity index (χ0v) is 11.8. The van der Waals surface area contributed by atoms with Crippen LogP contribution in [0.4, 0.5) is 0 Å². The van der Waals surface area contributed by atoms with E-state index in [2.05, 4.69) is 22.9 Å². The summed E-state index contributed by atoms with van der Waals surface area (Å²) in [5, 5.41) is 9.18. The Morgan fingerprint density at radius 3 is 2.75 bits per heavy atom. The average Bonchev–Trinajstić information content (AvgIpc) is 2.53. The molecule has 5 heteroatoms. The van der Waals surface area contributed by atoms with Crippen molar-refractivity contribution in [2.45, 2.75) is 25.8 Å². The highest BCUT2D eigenvalue weighted by atomic mass is 16.2. The van der Waals surface area contributed by atoms with E-state index in [1.807, 2.05) is 4.90 Å². The highest BCUT2D eigenvalue weighted by Crippen LogP contribution is 2.12. The molecule has 1 amide bonds. The second-order valence-electron chi connectivity index (χ2n) is 5.00. The number of nitrogens with zero attached hydrogens (tertiary/aromatic N) is 4. The van der Waals surface area contributed by atoms with Crippen molar-refractivity contribution < 1.29 is 4.79 Å². The molecule has 1 atom stereocenters. The Balaban J connectivity index is 1.91. The summed E-state index contributed by atoms with van der Waals surface area (Å²) in [5.74, 6) is 0.0294.